The molecule has 0 spiro atoms. The van der Waals surface area contributed by atoms with Gasteiger partial charge in [0.1, 0.15) is 13.2 Å². The van der Waals surface area contributed by atoms with Gasteiger partial charge in [-0.05, 0) is 103 Å². The van der Waals surface area contributed by atoms with Crippen LogP contribution in [0.5, 0.6) is 0 Å². The maximum Gasteiger partial charge on any atom is 0.361 e. The third kappa shape index (κ3) is 53.3. The van der Waals surface area contributed by atoms with Gasteiger partial charge >= 0.3 is 17.9 Å². The van der Waals surface area contributed by atoms with Crippen LogP contribution in [0.1, 0.15) is 194 Å². The zero-order valence-electron chi connectivity index (χ0n) is 45.6. The molecule has 9 heteroatoms. The Balaban J connectivity index is 4.35. The summed E-state index contributed by atoms with van der Waals surface area (Å²) in [7, 11) is 5.95. The van der Waals surface area contributed by atoms with Crippen molar-refractivity contribution in [2.45, 2.75) is 206 Å². The Bertz CT molecular complexity index is 1570. The molecule has 0 radical (unpaired) electrons. The third-order valence-electron chi connectivity index (χ3n) is 11.2. The highest BCUT2D eigenvalue weighted by atomic mass is 16.7. The first kappa shape index (κ1) is 66.7. The number of esters is 2. The topological polar surface area (TPSA) is 108 Å². The Hall–Kier alpha value is -4.31. The number of carbonyl (C=O) groups excluding carboxylic acids is 2. The SMILES string of the molecule is CC/C=C\C/C=C\C/C=C\C/C=C\C/C=C\C/C=C\CCCCCCCCCCC(=O)OC(COC(=O)CCCCCCCC/C=C\C/C=C\C/C=C\C/C=C\CC)COC(OCC[N+](C)(C)C)C(=O)O. The number of ether oxygens (including phenoxy) is 4. The first-order chi connectivity index (χ1) is 34.6. The first-order valence-corrected chi connectivity index (χ1v) is 27.7. The second-order valence-corrected chi connectivity index (χ2v) is 19.1. The van der Waals surface area contributed by atoms with E-state index in [2.05, 4.69) is 135 Å². The Morgan fingerprint density at radius 3 is 1.13 bits per heavy atom. The van der Waals surface area contributed by atoms with Crippen molar-refractivity contribution in [2.24, 2.45) is 0 Å². The van der Waals surface area contributed by atoms with E-state index in [-0.39, 0.29) is 38.6 Å². The van der Waals surface area contributed by atoms with Crippen molar-refractivity contribution in [1.82, 2.24) is 0 Å². The Labute approximate surface area is 434 Å². The van der Waals surface area contributed by atoms with Crippen molar-refractivity contribution in [2.75, 3.05) is 47.5 Å². The lowest BCUT2D eigenvalue weighted by atomic mass is 10.1. The molecule has 0 heterocycles. The number of carboxylic acid groups (broad SMARTS) is 1. The molecule has 2 atom stereocenters. The number of allylic oxidation sites excluding steroid dienone is 20. The Morgan fingerprint density at radius 1 is 0.423 bits per heavy atom. The molecular weight excluding hydrogens is 887 g/mol. The van der Waals surface area contributed by atoms with Gasteiger partial charge in [-0.1, -0.05) is 200 Å². The second-order valence-electron chi connectivity index (χ2n) is 19.1. The molecular formula is C62H102NO8+. The van der Waals surface area contributed by atoms with Gasteiger partial charge < -0.3 is 28.5 Å². The monoisotopic (exact) mass is 989 g/mol. The fourth-order valence-corrected chi connectivity index (χ4v) is 7.01. The fraction of sp³-hybridized carbons (Fsp3) is 0.629. The summed E-state index contributed by atoms with van der Waals surface area (Å²) in [5, 5.41) is 9.69. The van der Waals surface area contributed by atoms with Crippen LogP contribution in [-0.2, 0) is 33.3 Å². The van der Waals surface area contributed by atoms with Gasteiger partial charge in [-0.2, -0.15) is 0 Å². The summed E-state index contributed by atoms with van der Waals surface area (Å²) in [5.41, 5.74) is 0. The quantitative estimate of drug-likeness (QED) is 0.0211. The van der Waals surface area contributed by atoms with Crippen LogP contribution in [0.2, 0.25) is 0 Å². The summed E-state index contributed by atoms with van der Waals surface area (Å²) in [6.45, 7) is 4.60. The summed E-state index contributed by atoms with van der Waals surface area (Å²) in [6.07, 6.45) is 69.8. The molecule has 2 unspecified atom stereocenters. The molecule has 0 aromatic carbocycles. The van der Waals surface area contributed by atoms with Crippen LogP contribution >= 0.6 is 0 Å². The lowest BCUT2D eigenvalue weighted by Gasteiger charge is -2.25. The Morgan fingerprint density at radius 2 is 0.761 bits per heavy atom. The molecule has 0 aromatic rings. The molecule has 0 saturated heterocycles. The number of hydrogen-bond acceptors (Lipinski definition) is 7. The molecule has 1 N–H and O–H groups in total. The molecule has 0 bridgehead atoms. The van der Waals surface area contributed by atoms with Crippen molar-refractivity contribution >= 4 is 17.9 Å². The predicted octanol–water partition coefficient (Wildman–Crippen LogP) is 16.1. The van der Waals surface area contributed by atoms with Gasteiger partial charge in [-0.25, -0.2) is 4.79 Å². The van der Waals surface area contributed by atoms with E-state index in [4.69, 9.17) is 18.9 Å². The molecule has 0 aliphatic rings. The predicted molar refractivity (Wildman–Crippen MR) is 299 cm³/mol. The first-order valence-electron chi connectivity index (χ1n) is 27.7. The number of unbranched alkanes of at least 4 members (excludes halogenated alkanes) is 14. The minimum absolute atomic E-state index is 0.176. The highest BCUT2D eigenvalue weighted by molar-refractivity contribution is 5.71. The molecule has 0 aliphatic heterocycles. The Kier molecular flexibility index (Phi) is 48.9. The maximum atomic E-state index is 12.9. The van der Waals surface area contributed by atoms with Crippen LogP contribution in [0.4, 0.5) is 0 Å². The fourth-order valence-electron chi connectivity index (χ4n) is 7.01. The smallest absolute Gasteiger partial charge is 0.361 e. The van der Waals surface area contributed by atoms with Gasteiger partial charge in [0.05, 0.1) is 34.4 Å². The molecule has 0 saturated carbocycles. The molecule has 0 amide bonds. The van der Waals surface area contributed by atoms with Crippen LogP contribution in [0.15, 0.2) is 122 Å². The number of aliphatic carboxylic acids is 1. The molecule has 0 aliphatic carbocycles. The summed E-state index contributed by atoms with van der Waals surface area (Å²) in [6, 6.07) is 0. The van der Waals surface area contributed by atoms with Crippen LogP contribution < -0.4 is 0 Å². The van der Waals surface area contributed by atoms with Gasteiger partial charge in [0, 0.05) is 12.8 Å². The lowest BCUT2D eigenvalue weighted by Crippen LogP contribution is -2.40. The van der Waals surface area contributed by atoms with Gasteiger partial charge in [0.2, 0.25) is 0 Å². The van der Waals surface area contributed by atoms with Gasteiger partial charge in [-0.3, -0.25) is 9.59 Å². The van der Waals surface area contributed by atoms with Crippen LogP contribution in [0.3, 0.4) is 0 Å². The van der Waals surface area contributed by atoms with Crippen LogP contribution in [-0.4, -0.2) is 87.4 Å². The summed E-state index contributed by atoms with van der Waals surface area (Å²) < 4.78 is 22.8. The molecule has 0 aromatic heterocycles. The third-order valence-corrected chi connectivity index (χ3v) is 11.2. The number of carboxylic acids is 1. The minimum atomic E-state index is -1.52. The van der Waals surface area contributed by atoms with E-state index in [0.717, 1.165) is 135 Å². The number of rotatable bonds is 49. The van der Waals surface area contributed by atoms with Crippen LogP contribution in [0, 0.1) is 0 Å². The van der Waals surface area contributed by atoms with Crippen molar-refractivity contribution in [3.05, 3.63) is 122 Å². The van der Waals surface area contributed by atoms with E-state index in [0.29, 0.717) is 17.4 Å². The highest BCUT2D eigenvalue weighted by Gasteiger charge is 2.25. The molecule has 402 valence electrons. The summed E-state index contributed by atoms with van der Waals surface area (Å²) in [4.78, 5) is 37.4. The van der Waals surface area contributed by atoms with E-state index in [1.807, 2.05) is 21.1 Å². The maximum absolute atomic E-state index is 12.9. The number of quaternary nitrogens is 1. The van der Waals surface area contributed by atoms with E-state index in [9.17, 15) is 19.5 Å². The zero-order valence-corrected chi connectivity index (χ0v) is 45.6. The normalized spacial score (nSPS) is 13.8. The summed E-state index contributed by atoms with van der Waals surface area (Å²) in [5.74, 6) is -2.05. The van der Waals surface area contributed by atoms with Crippen molar-refractivity contribution in [3.8, 4) is 0 Å². The van der Waals surface area contributed by atoms with Crippen molar-refractivity contribution in [3.63, 3.8) is 0 Å². The number of hydrogen-bond donors (Lipinski definition) is 1. The summed E-state index contributed by atoms with van der Waals surface area (Å²) >= 11 is 0. The standard InChI is InChI=1S/C62H101NO8/c1-6-8-10-12-14-16-18-20-22-24-26-27-28-29-30-31-32-33-35-37-39-41-43-45-47-49-51-53-60(65)71-58(57-70-62(61(66)67)68-55-54-63(3,4)5)56-69-59(64)52-50-48-46-44-42-40-38-36-34-25-23-21-19-17-15-13-11-9-7-2/h8-11,14-17,20-23,26-27,29-30,32-34,36,58,62H,6-7,12-13,18-19,24-25,28,31,35,37-57H2,1-5H3/p+1/b10-8-,11-9-,16-14-,17-15-,22-20-,23-21-,27-26-,30-29-,33-32-,36-34-. The second kappa shape index (κ2) is 52.0. The largest absolute Gasteiger partial charge is 0.477 e. The number of carbonyl (C=O) groups is 3. The van der Waals surface area contributed by atoms with E-state index >= 15 is 0 Å². The van der Waals surface area contributed by atoms with Crippen LogP contribution in [0.25, 0.3) is 0 Å². The highest BCUT2D eigenvalue weighted by Crippen LogP contribution is 2.14. The van der Waals surface area contributed by atoms with Crippen molar-refractivity contribution < 1.29 is 42.9 Å². The molecule has 71 heavy (non-hydrogen) atoms. The minimum Gasteiger partial charge on any atom is -0.477 e. The number of nitrogens with zero attached hydrogens (tertiary/aromatic N) is 1. The molecule has 9 nitrogen and oxygen atoms in total. The lowest BCUT2D eigenvalue weighted by molar-refractivity contribution is -0.870. The van der Waals surface area contributed by atoms with Gasteiger partial charge in [-0.15, -0.1) is 0 Å². The molecule has 0 rings (SSSR count). The van der Waals surface area contributed by atoms with Crippen molar-refractivity contribution in [1.29, 1.82) is 0 Å². The van der Waals surface area contributed by atoms with E-state index < -0.39 is 24.3 Å². The van der Waals surface area contributed by atoms with E-state index in [1.54, 1.807) is 0 Å². The zero-order chi connectivity index (χ0) is 52.0. The van der Waals surface area contributed by atoms with Gasteiger partial charge in [0.15, 0.2) is 6.10 Å². The average molecular weight is 989 g/mol. The average Bonchev–Trinajstić information content (AvgIpc) is 3.34. The van der Waals surface area contributed by atoms with Gasteiger partial charge in [0.25, 0.3) is 6.29 Å². The molecule has 0 fully saturated rings. The number of likely N-dealkylation sites (N-methyl/N-ethyl adjacent to an activating group) is 1. The van der Waals surface area contributed by atoms with E-state index in [1.165, 1.54) is 25.7 Å².